The zero-order valence-electron chi connectivity index (χ0n) is 35.8. The molecule has 17 heteroatoms. The van der Waals surface area contributed by atoms with E-state index in [-0.39, 0.29) is 29.3 Å². The average molecular weight is 944 g/mol. The third-order valence-corrected chi connectivity index (χ3v) is 13.7. The van der Waals surface area contributed by atoms with Crippen LogP contribution < -0.4 is 10.6 Å². The van der Waals surface area contributed by atoms with E-state index in [1.54, 1.807) is 12.4 Å². The van der Waals surface area contributed by atoms with Gasteiger partial charge < -0.3 is 20.2 Å². The number of benzene rings is 5. The first-order valence-corrected chi connectivity index (χ1v) is 23.4. The number of amides is 2. The van der Waals surface area contributed by atoms with Gasteiger partial charge >= 0.3 is 5.97 Å². The fourth-order valence-corrected chi connectivity index (χ4v) is 10.6. The maximum atomic E-state index is 14.6. The van der Waals surface area contributed by atoms with Crippen LogP contribution in [0.2, 0.25) is 0 Å². The van der Waals surface area contributed by atoms with Crippen LogP contribution in [0.15, 0.2) is 186 Å². The molecular formula is C50H41N9O5S3. The number of thioether (sulfide) groups is 1. The van der Waals surface area contributed by atoms with Gasteiger partial charge in [-0.15, -0.1) is 28.2 Å². The molecule has 67 heavy (non-hydrogen) atoms. The van der Waals surface area contributed by atoms with Gasteiger partial charge in [0.05, 0.1) is 4.86 Å². The number of fused-ring (bicyclic) bond motifs is 1. The lowest BCUT2D eigenvalue weighted by atomic mass is 9.77. The smallest absolute Gasteiger partial charge is 0.356 e. The van der Waals surface area contributed by atoms with Gasteiger partial charge in [0.25, 0.3) is 11.8 Å². The van der Waals surface area contributed by atoms with E-state index >= 15 is 0 Å². The van der Waals surface area contributed by atoms with Gasteiger partial charge in [0.15, 0.2) is 22.8 Å². The third kappa shape index (κ3) is 9.03. The number of oxime groups is 1. The molecule has 0 saturated carbocycles. The van der Waals surface area contributed by atoms with Crippen molar-refractivity contribution < 1.29 is 24.0 Å². The quantitative estimate of drug-likeness (QED) is 0.0134. The van der Waals surface area contributed by atoms with Crippen LogP contribution in [0.5, 0.6) is 0 Å². The monoisotopic (exact) mass is 943 g/mol. The lowest BCUT2D eigenvalue weighted by molar-refractivity contribution is -0.154. The summed E-state index contributed by atoms with van der Waals surface area (Å²) in [7, 11) is 1.67. The first-order chi connectivity index (χ1) is 32.8. The van der Waals surface area contributed by atoms with Crippen LogP contribution in [0.25, 0.3) is 0 Å². The Balaban J connectivity index is 1.00. The molecule has 9 rings (SSSR count). The molecule has 0 bridgehead atoms. The molecule has 334 valence electrons. The number of anilines is 1. The molecule has 14 nitrogen and oxygen atoms in total. The molecule has 2 aliphatic rings. The first kappa shape index (κ1) is 44.6. The predicted octanol–water partition coefficient (Wildman–Crippen LogP) is 7.73. The second-order valence-electron chi connectivity index (χ2n) is 15.4. The number of carbonyl (C=O) groups is 3. The molecule has 0 spiro atoms. The molecule has 2 N–H and O–H groups in total. The summed E-state index contributed by atoms with van der Waals surface area (Å²) in [6.07, 6.45) is 0.394. The van der Waals surface area contributed by atoms with E-state index in [1.165, 1.54) is 32.7 Å². The number of nitrogens with one attached hydrogen (secondary N) is 2. The van der Waals surface area contributed by atoms with Crippen LogP contribution in [0.3, 0.4) is 0 Å². The van der Waals surface area contributed by atoms with E-state index in [0.717, 1.165) is 34.1 Å². The van der Waals surface area contributed by atoms with Crippen LogP contribution in [0.4, 0.5) is 5.13 Å². The number of ether oxygens (including phenoxy) is 1. The van der Waals surface area contributed by atoms with E-state index in [4.69, 9.17) is 26.8 Å². The third-order valence-electron chi connectivity index (χ3n) is 11.3. The maximum Gasteiger partial charge on any atom is 0.356 e. The van der Waals surface area contributed by atoms with Crippen molar-refractivity contribution in [3.8, 4) is 0 Å². The molecule has 1 saturated heterocycles. The van der Waals surface area contributed by atoms with Crippen molar-refractivity contribution in [1.82, 2.24) is 35.4 Å². The Labute approximate surface area is 399 Å². The van der Waals surface area contributed by atoms with Gasteiger partial charge in [0.1, 0.15) is 34.6 Å². The Kier molecular flexibility index (Phi) is 13.2. The minimum Gasteiger partial charge on any atom is -0.448 e. The molecular weight excluding hydrogens is 903 g/mol. The van der Waals surface area contributed by atoms with E-state index in [0.29, 0.717) is 21.4 Å². The maximum absolute atomic E-state index is 14.6. The number of thiocarbonyl (C=S) groups is 1. The zero-order valence-corrected chi connectivity index (χ0v) is 38.3. The number of aromatic nitrogens is 5. The fourth-order valence-electron chi connectivity index (χ4n) is 8.18. The Hall–Kier alpha value is -7.60. The average Bonchev–Trinajstić information content (AvgIpc) is 4.04. The van der Waals surface area contributed by atoms with Crippen LogP contribution in [0.1, 0.15) is 51.9 Å². The SMILES string of the molecule is C=CON=C(C(=O)NC1C(=O)N2C(C(=O)OC(c3ccccc3)c3ccccc3)=C(CC(=S)c3nnnn3C)CSC12)c1csc(NC(c2ccccc2)(c2ccccc2)c2ccccc2)n1. The summed E-state index contributed by atoms with van der Waals surface area (Å²) >= 11 is 8.43. The largest absolute Gasteiger partial charge is 0.448 e. The van der Waals surface area contributed by atoms with Crippen molar-refractivity contribution in [2.75, 3.05) is 11.1 Å². The zero-order chi connectivity index (χ0) is 46.3. The highest BCUT2D eigenvalue weighted by atomic mass is 32.2. The standard InChI is InChI=1S/C50H41N9O5S3/c1-3-63-55-40(38-31-67-49(51-38)53-50(35-23-13-6-14-24-35,36-25-15-7-16-26-36)37-27-17-8-18-28-37)45(60)52-41-46(61)59-42(34(30-66-47(41)59)29-39(65)44-54-56-57-58(44)2)48(62)64-43(32-19-9-4-10-20-32)33-21-11-5-12-22-33/h3-28,31,41,43,47H,1,29-30H2,2H3,(H,51,53)(H,52,60). The number of tetrazole rings is 1. The number of rotatable bonds is 17. The van der Waals surface area contributed by atoms with Crippen LogP contribution >= 0.6 is 35.3 Å². The molecule has 7 aromatic rings. The number of thiazole rings is 1. The highest BCUT2D eigenvalue weighted by Crippen LogP contribution is 2.44. The highest BCUT2D eigenvalue weighted by molar-refractivity contribution is 8.00. The number of carbonyl (C=O) groups excluding carboxylic acids is 3. The van der Waals surface area contributed by atoms with Crippen LogP contribution in [-0.4, -0.2) is 75.6 Å². The molecule has 2 unspecified atom stereocenters. The van der Waals surface area contributed by atoms with Crippen molar-refractivity contribution >= 4 is 68.8 Å². The molecule has 4 heterocycles. The summed E-state index contributed by atoms with van der Waals surface area (Å²) < 4.78 is 7.78. The van der Waals surface area contributed by atoms with Gasteiger partial charge in [0.2, 0.25) is 0 Å². The van der Waals surface area contributed by atoms with Crippen LogP contribution in [0, 0.1) is 0 Å². The molecule has 2 amide bonds. The van der Waals surface area contributed by atoms with Crippen molar-refractivity contribution in [2.45, 2.75) is 29.5 Å². The number of aryl methyl sites for hydroxylation is 1. The Bertz CT molecular complexity index is 2850. The Morgan fingerprint density at radius 3 is 1.96 bits per heavy atom. The van der Waals surface area contributed by atoms with E-state index in [9.17, 15) is 14.4 Å². The second-order valence-corrected chi connectivity index (χ2v) is 17.8. The summed E-state index contributed by atoms with van der Waals surface area (Å²) in [5, 5.41) is 23.9. The molecule has 2 aliphatic heterocycles. The number of esters is 1. The van der Waals surface area contributed by atoms with E-state index in [2.05, 4.69) is 74.3 Å². The van der Waals surface area contributed by atoms with E-state index in [1.807, 2.05) is 115 Å². The number of nitrogens with zero attached hydrogens (tertiary/aromatic N) is 7. The van der Waals surface area contributed by atoms with Gasteiger partial charge in [-0.3, -0.25) is 14.5 Å². The molecule has 2 aromatic heterocycles. The topological polar surface area (TPSA) is 166 Å². The number of hydrogen-bond acceptors (Lipinski definition) is 14. The first-order valence-electron chi connectivity index (χ1n) is 21.1. The van der Waals surface area contributed by atoms with Crippen molar-refractivity contribution in [2.24, 2.45) is 12.2 Å². The van der Waals surface area contributed by atoms with Crippen LogP contribution in [-0.2, 0) is 36.5 Å². The molecule has 0 aliphatic carbocycles. The van der Waals surface area contributed by atoms with Crippen molar-refractivity contribution in [3.05, 3.63) is 220 Å². The molecule has 2 atom stereocenters. The van der Waals surface area contributed by atoms with Gasteiger partial charge in [-0.2, -0.15) is 0 Å². The summed E-state index contributed by atoms with van der Waals surface area (Å²) in [6.45, 7) is 3.60. The molecule has 5 aromatic carbocycles. The minimum atomic E-state index is -1.05. The lowest BCUT2D eigenvalue weighted by Crippen LogP contribution is -2.71. The minimum absolute atomic E-state index is 0.0476. The normalized spacial score (nSPS) is 15.9. The fraction of sp³-hybridized carbons (Fsp3) is 0.140. The summed E-state index contributed by atoms with van der Waals surface area (Å²) in [5.74, 6) is -1.34. The molecule has 0 radical (unpaired) electrons. The Morgan fingerprint density at radius 1 is 0.881 bits per heavy atom. The van der Waals surface area contributed by atoms with Crippen molar-refractivity contribution in [3.63, 3.8) is 0 Å². The van der Waals surface area contributed by atoms with Gasteiger partial charge in [0, 0.05) is 24.6 Å². The lowest BCUT2D eigenvalue weighted by Gasteiger charge is -2.49. The van der Waals surface area contributed by atoms with Gasteiger partial charge in [-0.05, 0) is 43.8 Å². The number of hydrogen-bond donors (Lipinski definition) is 2. The van der Waals surface area contributed by atoms with Gasteiger partial charge in [-0.25, -0.2) is 14.5 Å². The van der Waals surface area contributed by atoms with Gasteiger partial charge in [-0.1, -0.05) is 176 Å². The molecule has 1 fully saturated rings. The predicted molar refractivity (Wildman–Crippen MR) is 261 cm³/mol. The highest BCUT2D eigenvalue weighted by Gasteiger charge is 2.55. The Morgan fingerprint density at radius 2 is 1.43 bits per heavy atom. The summed E-state index contributed by atoms with van der Waals surface area (Å²) in [5.41, 5.74) is 4.10. The summed E-state index contributed by atoms with van der Waals surface area (Å²) in [6, 6.07) is 47.8. The van der Waals surface area contributed by atoms with Crippen molar-refractivity contribution in [1.29, 1.82) is 0 Å². The summed E-state index contributed by atoms with van der Waals surface area (Å²) in [4.78, 5) is 55.3. The van der Waals surface area contributed by atoms with E-state index < -0.39 is 40.8 Å². The number of β-lactam (4-membered cyclic amide) rings is 1. The second kappa shape index (κ2) is 19.9.